The number of unbranched alkanes of at least 4 members (excludes halogenated alkanes) is 2. The molecule has 1 rings (SSSR count). The number of hydrogen-bond donors (Lipinski definition) is 1. The van der Waals surface area contributed by atoms with Crippen LogP contribution in [0.2, 0.25) is 5.02 Å². The van der Waals surface area contributed by atoms with Gasteiger partial charge in [-0.1, -0.05) is 31.4 Å². The summed E-state index contributed by atoms with van der Waals surface area (Å²) in [6.07, 6.45) is 3.32. The Hall–Kier alpha value is -1.29. The molecule has 1 N–H and O–H groups in total. The lowest BCUT2D eigenvalue weighted by Crippen LogP contribution is -2.02. The maximum atomic E-state index is 10.6. The molecule has 0 unspecified atom stereocenters. The Morgan fingerprint density at radius 2 is 2.19 bits per heavy atom. The second-order valence-electron chi connectivity index (χ2n) is 3.56. The number of halogens is 1. The molecule has 0 aliphatic carbocycles. The van der Waals surface area contributed by atoms with Crippen LogP contribution in [0, 0.1) is 10.1 Å². The van der Waals surface area contributed by atoms with E-state index in [-0.39, 0.29) is 5.69 Å². The van der Waals surface area contributed by atoms with Crippen LogP contribution >= 0.6 is 11.6 Å². The monoisotopic (exact) mass is 242 g/mol. The molecule has 1 aromatic carbocycles. The van der Waals surface area contributed by atoms with Crippen LogP contribution in [-0.2, 0) is 0 Å². The molecule has 0 aliphatic rings. The lowest BCUT2D eigenvalue weighted by Gasteiger charge is -2.07. The van der Waals surface area contributed by atoms with Crippen LogP contribution in [0.15, 0.2) is 18.2 Å². The molecule has 5 heteroatoms. The number of non-ortho nitro benzene ring substituents is 1. The van der Waals surface area contributed by atoms with Crippen molar-refractivity contribution in [3.8, 4) is 0 Å². The summed E-state index contributed by atoms with van der Waals surface area (Å²) in [6.45, 7) is 2.91. The van der Waals surface area contributed by atoms with Gasteiger partial charge in [-0.05, 0) is 12.5 Å². The van der Waals surface area contributed by atoms with E-state index in [0.717, 1.165) is 25.8 Å². The Bertz CT molecular complexity index is 369. The molecular weight excluding hydrogens is 228 g/mol. The van der Waals surface area contributed by atoms with Gasteiger partial charge in [0.25, 0.3) is 5.69 Å². The first kappa shape index (κ1) is 12.8. The van der Waals surface area contributed by atoms with Crippen LogP contribution in [0.5, 0.6) is 0 Å². The van der Waals surface area contributed by atoms with Gasteiger partial charge in [-0.15, -0.1) is 0 Å². The molecule has 0 spiro atoms. The Balaban J connectivity index is 2.63. The number of nitro benzene ring substituents is 1. The summed E-state index contributed by atoms with van der Waals surface area (Å²) in [7, 11) is 0. The third-order valence-electron chi connectivity index (χ3n) is 2.26. The summed E-state index contributed by atoms with van der Waals surface area (Å²) in [6, 6.07) is 4.41. The smallest absolute Gasteiger partial charge is 0.271 e. The first-order chi connectivity index (χ1) is 7.65. The van der Waals surface area contributed by atoms with Gasteiger partial charge in [0.1, 0.15) is 0 Å². The molecule has 0 amide bonds. The second-order valence-corrected chi connectivity index (χ2v) is 3.96. The number of benzene rings is 1. The molecule has 0 aliphatic heterocycles. The zero-order chi connectivity index (χ0) is 12.0. The van der Waals surface area contributed by atoms with Crippen molar-refractivity contribution < 1.29 is 4.92 Å². The fourth-order valence-electron chi connectivity index (χ4n) is 1.36. The molecule has 0 saturated carbocycles. The van der Waals surface area contributed by atoms with Gasteiger partial charge in [-0.25, -0.2) is 0 Å². The third kappa shape index (κ3) is 3.70. The van der Waals surface area contributed by atoms with Gasteiger partial charge in [0, 0.05) is 18.7 Å². The van der Waals surface area contributed by atoms with Crippen LogP contribution in [0.25, 0.3) is 0 Å². The van der Waals surface area contributed by atoms with Gasteiger partial charge >= 0.3 is 0 Å². The molecule has 0 saturated heterocycles. The Kier molecular flexibility index (Phi) is 5.05. The number of anilines is 1. The van der Waals surface area contributed by atoms with Gasteiger partial charge in [-0.2, -0.15) is 0 Å². The van der Waals surface area contributed by atoms with E-state index in [9.17, 15) is 10.1 Å². The van der Waals surface area contributed by atoms with E-state index < -0.39 is 4.92 Å². The summed E-state index contributed by atoms with van der Waals surface area (Å²) < 4.78 is 0. The first-order valence-electron chi connectivity index (χ1n) is 5.33. The Morgan fingerprint density at radius 1 is 1.44 bits per heavy atom. The van der Waals surface area contributed by atoms with Gasteiger partial charge in [-0.3, -0.25) is 10.1 Å². The van der Waals surface area contributed by atoms with E-state index >= 15 is 0 Å². The summed E-state index contributed by atoms with van der Waals surface area (Å²) in [5, 5.41) is 14.2. The quantitative estimate of drug-likeness (QED) is 0.468. The molecule has 0 bridgehead atoms. The van der Waals surface area contributed by atoms with Gasteiger partial charge in [0.15, 0.2) is 0 Å². The fourth-order valence-corrected chi connectivity index (χ4v) is 1.54. The zero-order valence-corrected chi connectivity index (χ0v) is 9.96. The number of nitrogens with zero attached hydrogens (tertiary/aromatic N) is 1. The van der Waals surface area contributed by atoms with Crippen LogP contribution in [0.3, 0.4) is 0 Å². The second kappa shape index (κ2) is 6.33. The average molecular weight is 243 g/mol. The minimum absolute atomic E-state index is 0.0578. The maximum absolute atomic E-state index is 10.6. The molecule has 88 valence electrons. The highest BCUT2D eigenvalue weighted by Crippen LogP contribution is 2.26. The SMILES string of the molecule is CCCCCNc1cc([N+](=O)[O-])ccc1Cl. The van der Waals surface area contributed by atoms with E-state index in [1.165, 1.54) is 12.1 Å². The van der Waals surface area contributed by atoms with Crippen molar-refractivity contribution in [2.24, 2.45) is 0 Å². The highest BCUT2D eigenvalue weighted by Gasteiger charge is 2.08. The summed E-state index contributed by atoms with van der Waals surface area (Å²) in [4.78, 5) is 10.2. The van der Waals surface area contributed by atoms with Crippen molar-refractivity contribution in [1.82, 2.24) is 0 Å². The van der Waals surface area contributed by atoms with Crippen LogP contribution in [0.4, 0.5) is 11.4 Å². The van der Waals surface area contributed by atoms with Crippen LogP contribution < -0.4 is 5.32 Å². The predicted molar refractivity (Wildman–Crippen MR) is 66.1 cm³/mol. The summed E-state index contributed by atoms with van der Waals surface area (Å²) in [5.74, 6) is 0. The number of rotatable bonds is 6. The molecule has 0 fully saturated rings. The van der Waals surface area contributed by atoms with Gasteiger partial charge < -0.3 is 5.32 Å². The summed E-state index contributed by atoms with van der Waals surface area (Å²) in [5.41, 5.74) is 0.689. The van der Waals surface area contributed by atoms with Crippen molar-refractivity contribution in [3.05, 3.63) is 33.3 Å². The largest absolute Gasteiger partial charge is 0.384 e. The molecule has 0 atom stereocenters. The molecule has 0 aromatic heterocycles. The van der Waals surface area contributed by atoms with Crippen molar-refractivity contribution in [2.75, 3.05) is 11.9 Å². The zero-order valence-electron chi connectivity index (χ0n) is 9.20. The number of hydrogen-bond acceptors (Lipinski definition) is 3. The highest BCUT2D eigenvalue weighted by atomic mass is 35.5. The van der Waals surface area contributed by atoms with E-state index in [1.54, 1.807) is 6.07 Å². The van der Waals surface area contributed by atoms with E-state index in [2.05, 4.69) is 12.2 Å². The lowest BCUT2D eigenvalue weighted by molar-refractivity contribution is -0.384. The topological polar surface area (TPSA) is 55.2 Å². The standard InChI is InChI=1S/C11H15ClN2O2/c1-2-3-4-7-13-11-8-9(14(15)16)5-6-10(11)12/h5-6,8,13H,2-4,7H2,1H3. The van der Waals surface area contributed by atoms with E-state index in [0.29, 0.717) is 10.7 Å². The van der Waals surface area contributed by atoms with E-state index in [4.69, 9.17) is 11.6 Å². The minimum Gasteiger partial charge on any atom is -0.384 e. The fraction of sp³-hybridized carbons (Fsp3) is 0.455. The normalized spacial score (nSPS) is 10.1. The van der Waals surface area contributed by atoms with Crippen molar-refractivity contribution in [1.29, 1.82) is 0 Å². The molecular formula is C11H15ClN2O2. The van der Waals surface area contributed by atoms with Crippen molar-refractivity contribution in [3.63, 3.8) is 0 Å². The van der Waals surface area contributed by atoms with E-state index in [1.807, 2.05) is 0 Å². The maximum Gasteiger partial charge on any atom is 0.271 e. The third-order valence-corrected chi connectivity index (χ3v) is 2.59. The average Bonchev–Trinajstić information content (AvgIpc) is 2.26. The number of nitrogens with one attached hydrogen (secondary N) is 1. The van der Waals surface area contributed by atoms with Crippen molar-refractivity contribution in [2.45, 2.75) is 26.2 Å². The van der Waals surface area contributed by atoms with Crippen molar-refractivity contribution >= 4 is 23.0 Å². The van der Waals surface area contributed by atoms with Gasteiger partial charge in [0.2, 0.25) is 0 Å². The Morgan fingerprint density at radius 3 is 2.81 bits per heavy atom. The molecule has 16 heavy (non-hydrogen) atoms. The highest BCUT2D eigenvalue weighted by molar-refractivity contribution is 6.33. The molecule has 0 radical (unpaired) electrons. The first-order valence-corrected chi connectivity index (χ1v) is 5.70. The summed E-state index contributed by atoms with van der Waals surface area (Å²) >= 11 is 5.93. The molecule has 1 aromatic rings. The lowest BCUT2D eigenvalue weighted by atomic mass is 10.2. The number of nitro groups is 1. The Labute approximate surface area is 99.8 Å². The van der Waals surface area contributed by atoms with Gasteiger partial charge in [0.05, 0.1) is 15.6 Å². The minimum atomic E-state index is -0.423. The molecule has 4 nitrogen and oxygen atoms in total. The van der Waals surface area contributed by atoms with Crippen LogP contribution in [-0.4, -0.2) is 11.5 Å². The molecule has 0 heterocycles. The predicted octanol–water partition coefficient (Wildman–Crippen LogP) is 3.85. The van der Waals surface area contributed by atoms with Crippen LogP contribution in [0.1, 0.15) is 26.2 Å².